The molecule has 0 aliphatic heterocycles. The van der Waals surface area contributed by atoms with E-state index in [-0.39, 0.29) is 0 Å². The summed E-state index contributed by atoms with van der Waals surface area (Å²) in [6.45, 7) is 5.02. The maximum atomic E-state index is 8.64. The lowest BCUT2D eigenvalue weighted by Gasteiger charge is -2.10. The Morgan fingerprint density at radius 3 is 2.81 bits per heavy atom. The quantitative estimate of drug-likeness (QED) is 0.773. The van der Waals surface area contributed by atoms with Crippen molar-refractivity contribution in [1.82, 2.24) is 0 Å². The van der Waals surface area contributed by atoms with Crippen LogP contribution in [0.25, 0.3) is 0 Å². The zero-order valence-corrected chi connectivity index (χ0v) is 9.86. The molecule has 3 nitrogen and oxygen atoms in total. The molecule has 0 fully saturated rings. The number of hydrogen-bond donors (Lipinski definition) is 1. The average molecular weight is 218 g/mol. The van der Waals surface area contributed by atoms with E-state index in [4.69, 9.17) is 15.7 Å². The highest BCUT2D eigenvalue weighted by molar-refractivity contribution is 5.51. The number of hydrogen-bond acceptors (Lipinski definition) is 3. The van der Waals surface area contributed by atoms with Crippen LogP contribution in [0.5, 0.6) is 5.75 Å². The highest BCUT2D eigenvalue weighted by Crippen LogP contribution is 2.20. The van der Waals surface area contributed by atoms with E-state index in [0.717, 1.165) is 17.7 Å². The summed E-state index contributed by atoms with van der Waals surface area (Å²) in [6.07, 6.45) is 1.35. The molecule has 3 heteroatoms. The lowest BCUT2D eigenvalue weighted by Crippen LogP contribution is -2.02. The third-order valence-corrected chi connectivity index (χ3v) is 2.35. The van der Waals surface area contributed by atoms with Gasteiger partial charge in [0, 0.05) is 5.69 Å². The summed E-state index contributed by atoms with van der Waals surface area (Å²) in [4.78, 5) is 0. The number of nitrogen functional groups attached to an aromatic ring is 1. The SMILES string of the molecule is CC(C)CCOc1ccc(N)c(CC#N)c1. The van der Waals surface area contributed by atoms with Crippen LogP contribution in [0.15, 0.2) is 18.2 Å². The fourth-order valence-electron chi connectivity index (χ4n) is 1.32. The topological polar surface area (TPSA) is 59.0 Å². The van der Waals surface area contributed by atoms with Gasteiger partial charge >= 0.3 is 0 Å². The van der Waals surface area contributed by atoms with Gasteiger partial charge in [-0.05, 0) is 36.1 Å². The van der Waals surface area contributed by atoms with Crippen LogP contribution in [-0.4, -0.2) is 6.61 Å². The zero-order valence-electron chi connectivity index (χ0n) is 9.86. The highest BCUT2D eigenvalue weighted by Gasteiger charge is 2.02. The van der Waals surface area contributed by atoms with Crippen LogP contribution in [0.4, 0.5) is 5.69 Å². The minimum atomic E-state index is 0.327. The van der Waals surface area contributed by atoms with Crippen LogP contribution in [-0.2, 0) is 6.42 Å². The second-order valence-electron chi connectivity index (χ2n) is 4.23. The Labute approximate surface area is 96.8 Å². The van der Waals surface area contributed by atoms with Gasteiger partial charge in [0.05, 0.1) is 19.1 Å². The van der Waals surface area contributed by atoms with E-state index in [1.807, 2.05) is 12.1 Å². The first kappa shape index (κ1) is 12.4. The second-order valence-corrected chi connectivity index (χ2v) is 4.23. The molecule has 0 spiro atoms. The van der Waals surface area contributed by atoms with Crippen molar-refractivity contribution in [3.63, 3.8) is 0 Å². The molecule has 0 radical (unpaired) electrons. The van der Waals surface area contributed by atoms with Crippen molar-refractivity contribution in [2.45, 2.75) is 26.7 Å². The summed E-state index contributed by atoms with van der Waals surface area (Å²) < 4.78 is 5.59. The molecule has 0 atom stereocenters. The van der Waals surface area contributed by atoms with Crippen molar-refractivity contribution in [3.05, 3.63) is 23.8 Å². The number of rotatable bonds is 5. The van der Waals surface area contributed by atoms with Gasteiger partial charge in [0.25, 0.3) is 0 Å². The van der Waals surface area contributed by atoms with Gasteiger partial charge in [-0.15, -0.1) is 0 Å². The molecule has 1 aromatic carbocycles. The van der Waals surface area contributed by atoms with Gasteiger partial charge in [0.1, 0.15) is 5.75 Å². The molecule has 0 amide bonds. The lowest BCUT2D eigenvalue weighted by atomic mass is 10.1. The Hall–Kier alpha value is -1.69. The molecule has 1 rings (SSSR count). The lowest BCUT2D eigenvalue weighted by molar-refractivity contribution is 0.289. The Balaban J connectivity index is 2.61. The maximum absolute atomic E-state index is 8.64. The molecule has 0 unspecified atom stereocenters. The van der Waals surface area contributed by atoms with Gasteiger partial charge in [0.2, 0.25) is 0 Å². The van der Waals surface area contributed by atoms with E-state index in [2.05, 4.69) is 19.9 Å². The molecule has 0 saturated heterocycles. The zero-order chi connectivity index (χ0) is 12.0. The summed E-state index contributed by atoms with van der Waals surface area (Å²) >= 11 is 0. The van der Waals surface area contributed by atoms with E-state index in [1.165, 1.54) is 0 Å². The van der Waals surface area contributed by atoms with Crippen LogP contribution < -0.4 is 10.5 Å². The Morgan fingerprint density at radius 2 is 2.19 bits per heavy atom. The van der Waals surface area contributed by atoms with E-state index in [0.29, 0.717) is 24.6 Å². The van der Waals surface area contributed by atoms with Crippen LogP contribution in [0.1, 0.15) is 25.8 Å². The van der Waals surface area contributed by atoms with Crippen molar-refractivity contribution < 1.29 is 4.74 Å². The third-order valence-electron chi connectivity index (χ3n) is 2.35. The Kier molecular flexibility index (Phi) is 4.65. The van der Waals surface area contributed by atoms with Crippen molar-refractivity contribution in [2.75, 3.05) is 12.3 Å². The van der Waals surface area contributed by atoms with Gasteiger partial charge in [-0.3, -0.25) is 0 Å². The number of anilines is 1. The van der Waals surface area contributed by atoms with Gasteiger partial charge in [-0.2, -0.15) is 5.26 Å². The molecule has 1 aromatic rings. The highest BCUT2D eigenvalue weighted by atomic mass is 16.5. The molecule has 0 aliphatic rings. The monoisotopic (exact) mass is 218 g/mol. The first-order chi connectivity index (χ1) is 7.63. The fourth-order valence-corrected chi connectivity index (χ4v) is 1.32. The maximum Gasteiger partial charge on any atom is 0.119 e. The second kappa shape index (κ2) is 6.02. The number of ether oxygens (including phenoxy) is 1. The molecule has 0 aromatic heterocycles. The molecule has 0 saturated carbocycles. The van der Waals surface area contributed by atoms with E-state index < -0.39 is 0 Å². The van der Waals surface area contributed by atoms with Crippen LogP contribution in [0.3, 0.4) is 0 Å². The summed E-state index contributed by atoms with van der Waals surface area (Å²) in [5.74, 6) is 1.42. The van der Waals surface area contributed by atoms with Crippen LogP contribution in [0, 0.1) is 17.2 Å². The fraction of sp³-hybridized carbons (Fsp3) is 0.462. The minimum Gasteiger partial charge on any atom is -0.494 e. The Morgan fingerprint density at radius 1 is 1.44 bits per heavy atom. The number of nitrogens with zero attached hydrogens (tertiary/aromatic N) is 1. The summed E-state index contributed by atoms with van der Waals surface area (Å²) in [7, 11) is 0. The molecule has 86 valence electrons. The van der Waals surface area contributed by atoms with Gasteiger partial charge in [-0.1, -0.05) is 13.8 Å². The Bertz CT molecular complexity index is 380. The first-order valence-electron chi connectivity index (χ1n) is 5.51. The molecular formula is C13H18N2O. The van der Waals surface area contributed by atoms with Gasteiger partial charge in [-0.25, -0.2) is 0 Å². The van der Waals surface area contributed by atoms with Gasteiger partial charge in [0.15, 0.2) is 0 Å². The summed E-state index contributed by atoms with van der Waals surface area (Å²) in [6, 6.07) is 7.57. The van der Waals surface area contributed by atoms with Crippen molar-refractivity contribution in [1.29, 1.82) is 5.26 Å². The largest absolute Gasteiger partial charge is 0.494 e. The predicted molar refractivity (Wildman–Crippen MR) is 65.1 cm³/mol. The number of nitrogens with two attached hydrogens (primary N) is 1. The van der Waals surface area contributed by atoms with Crippen molar-refractivity contribution >= 4 is 5.69 Å². The number of benzene rings is 1. The van der Waals surface area contributed by atoms with Crippen LogP contribution >= 0.6 is 0 Å². The van der Waals surface area contributed by atoms with Crippen LogP contribution in [0.2, 0.25) is 0 Å². The average Bonchev–Trinajstić information content (AvgIpc) is 2.22. The molecule has 0 bridgehead atoms. The summed E-state index contributed by atoms with van der Waals surface area (Å²) in [5, 5.41) is 8.64. The van der Waals surface area contributed by atoms with Gasteiger partial charge < -0.3 is 10.5 Å². The number of nitriles is 1. The predicted octanol–water partition coefficient (Wildman–Crippen LogP) is 2.76. The molecule has 0 aliphatic carbocycles. The minimum absolute atomic E-state index is 0.327. The molecule has 16 heavy (non-hydrogen) atoms. The third kappa shape index (κ3) is 3.82. The summed E-state index contributed by atoms with van der Waals surface area (Å²) in [5.41, 5.74) is 7.23. The standard InChI is InChI=1S/C13H18N2O/c1-10(2)6-8-16-12-3-4-13(15)11(9-12)5-7-14/h3-4,9-10H,5-6,8,15H2,1-2H3. The molecule has 2 N–H and O–H groups in total. The van der Waals surface area contributed by atoms with Crippen molar-refractivity contribution in [2.24, 2.45) is 5.92 Å². The molecule has 0 heterocycles. The smallest absolute Gasteiger partial charge is 0.119 e. The van der Waals surface area contributed by atoms with Crippen molar-refractivity contribution in [3.8, 4) is 11.8 Å². The molecular weight excluding hydrogens is 200 g/mol. The van der Waals surface area contributed by atoms with E-state index >= 15 is 0 Å². The van der Waals surface area contributed by atoms with E-state index in [9.17, 15) is 0 Å². The van der Waals surface area contributed by atoms with E-state index in [1.54, 1.807) is 6.07 Å². The first-order valence-corrected chi connectivity index (χ1v) is 5.51. The normalized spacial score (nSPS) is 10.1.